The van der Waals surface area contributed by atoms with Crippen molar-refractivity contribution in [1.82, 2.24) is 4.31 Å². The quantitative estimate of drug-likeness (QED) is 0.664. The number of benzene rings is 1. The van der Waals surface area contributed by atoms with Gasteiger partial charge in [-0.25, -0.2) is 12.7 Å². The molecule has 1 N–H and O–H groups in total. The molecule has 1 aromatic rings. The van der Waals surface area contributed by atoms with Crippen LogP contribution in [0.1, 0.15) is 12.8 Å². The highest BCUT2D eigenvalue weighted by atomic mass is 32.2. The Kier molecular flexibility index (Phi) is 5.07. The number of halogens is 3. The molecule has 2 rings (SSSR count). The maximum Gasteiger partial charge on any atom is 0.432 e. The number of nitrogens with one attached hydrogen (secondary N) is 1. The minimum atomic E-state index is -4.81. The van der Waals surface area contributed by atoms with Crippen molar-refractivity contribution >= 4 is 21.4 Å². The van der Waals surface area contributed by atoms with Gasteiger partial charge in [0, 0.05) is 13.1 Å². The zero-order valence-corrected chi connectivity index (χ0v) is 12.5. The van der Waals surface area contributed by atoms with E-state index in [0.29, 0.717) is 18.5 Å². The molecule has 1 aliphatic rings. The molecule has 0 radical (unpaired) electrons. The maximum absolute atomic E-state index is 13.0. The van der Waals surface area contributed by atoms with Crippen LogP contribution in [-0.2, 0) is 10.0 Å². The Labute approximate surface area is 126 Å². The van der Waals surface area contributed by atoms with Crippen LogP contribution in [0.5, 0.6) is 0 Å². The van der Waals surface area contributed by atoms with Crippen molar-refractivity contribution < 1.29 is 21.6 Å². The summed E-state index contributed by atoms with van der Waals surface area (Å²) in [5, 5.41) is 3.26. The van der Waals surface area contributed by atoms with Gasteiger partial charge in [-0.1, -0.05) is 18.2 Å². The first-order valence-electron chi connectivity index (χ1n) is 6.72. The van der Waals surface area contributed by atoms with E-state index in [2.05, 4.69) is 10.5 Å². The summed E-state index contributed by atoms with van der Waals surface area (Å²) >= 11 is 0. The lowest BCUT2D eigenvalue weighted by Gasteiger charge is -2.17. The van der Waals surface area contributed by atoms with Gasteiger partial charge in [-0.2, -0.15) is 18.3 Å². The average Bonchev–Trinajstić information content (AvgIpc) is 2.98. The van der Waals surface area contributed by atoms with Gasteiger partial charge >= 0.3 is 6.18 Å². The Hall–Kier alpha value is -1.61. The van der Waals surface area contributed by atoms with Crippen LogP contribution in [0.2, 0.25) is 0 Å². The Morgan fingerprint density at radius 3 is 2.32 bits per heavy atom. The molecule has 1 aromatic carbocycles. The van der Waals surface area contributed by atoms with Crippen molar-refractivity contribution in [2.45, 2.75) is 19.0 Å². The largest absolute Gasteiger partial charge is 0.432 e. The first kappa shape index (κ1) is 16.8. The third kappa shape index (κ3) is 4.44. The number of alkyl halides is 3. The predicted molar refractivity (Wildman–Crippen MR) is 78.1 cm³/mol. The molecular formula is C13H16F3N3O2S. The van der Waals surface area contributed by atoms with Crippen LogP contribution in [-0.4, -0.2) is 43.5 Å². The number of rotatable bonds is 5. The molecule has 1 heterocycles. The second-order valence-electron chi connectivity index (χ2n) is 4.90. The molecule has 122 valence electrons. The van der Waals surface area contributed by atoms with E-state index in [9.17, 15) is 21.6 Å². The molecular weight excluding hydrogens is 319 g/mol. The molecule has 0 bridgehead atoms. The Balaban J connectivity index is 2.16. The molecule has 1 aliphatic heterocycles. The number of para-hydroxylation sites is 1. The predicted octanol–water partition coefficient (Wildman–Crippen LogP) is 2.44. The topological polar surface area (TPSA) is 61.8 Å². The molecule has 22 heavy (non-hydrogen) atoms. The summed E-state index contributed by atoms with van der Waals surface area (Å²) in [4.78, 5) is 0. The number of hydrogen-bond donors (Lipinski definition) is 1. The van der Waals surface area contributed by atoms with Gasteiger partial charge in [0.05, 0.1) is 5.69 Å². The van der Waals surface area contributed by atoms with E-state index < -0.39 is 27.7 Å². The lowest BCUT2D eigenvalue weighted by atomic mass is 10.3. The molecule has 0 saturated carbocycles. The van der Waals surface area contributed by atoms with Crippen molar-refractivity contribution in [3.8, 4) is 0 Å². The van der Waals surface area contributed by atoms with E-state index in [0.717, 1.165) is 4.31 Å². The number of hydrazone groups is 1. The average molecular weight is 335 g/mol. The van der Waals surface area contributed by atoms with E-state index in [1.165, 1.54) is 12.1 Å². The third-order valence-electron chi connectivity index (χ3n) is 3.20. The van der Waals surface area contributed by atoms with Crippen molar-refractivity contribution in [2.75, 3.05) is 24.3 Å². The monoisotopic (exact) mass is 335 g/mol. The second-order valence-corrected chi connectivity index (χ2v) is 6.87. The SMILES string of the molecule is O=S(=O)(C/C(=N/Nc1ccccc1)C(F)(F)F)N1CCCC1. The van der Waals surface area contributed by atoms with Gasteiger partial charge in [-0.05, 0) is 25.0 Å². The van der Waals surface area contributed by atoms with Crippen molar-refractivity contribution in [2.24, 2.45) is 5.10 Å². The summed E-state index contributed by atoms with van der Waals surface area (Å²) in [6, 6.07) is 8.04. The molecule has 0 atom stereocenters. The van der Waals surface area contributed by atoms with Crippen LogP contribution in [0, 0.1) is 0 Å². The molecule has 0 aromatic heterocycles. The fraction of sp³-hybridized carbons (Fsp3) is 0.462. The van der Waals surface area contributed by atoms with Gasteiger partial charge in [0.15, 0.2) is 5.71 Å². The minimum absolute atomic E-state index is 0.263. The molecule has 0 amide bonds. The van der Waals surface area contributed by atoms with E-state index in [4.69, 9.17) is 0 Å². The maximum atomic E-state index is 13.0. The Bertz CT molecular complexity index is 624. The van der Waals surface area contributed by atoms with Gasteiger partial charge < -0.3 is 0 Å². The van der Waals surface area contributed by atoms with E-state index >= 15 is 0 Å². The highest BCUT2D eigenvalue weighted by Crippen LogP contribution is 2.22. The summed E-state index contributed by atoms with van der Waals surface area (Å²) < 4.78 is 64.1. The van der Waals surface area contributed by atoms with Crippen LogP contribution < -0.4 is 5.43 Å². The summed E-state index contributed by atoms with van der Waals surface area (Å²) in [5.41, 5.74) is 1.24. The van der Waals surface area contributed by atoms with Crippen LogP contribution in [0.15, 0.2) is 35.4 Å². The molecule has 0 unspecified atom stereocenters. The normalized spacial score (nSPS) is 17.7. The number of sulfonamides is 1. The van der Waals surface area contributed by atoms with Crippen molar-refractivity contribution in [1.29, 1.82) is 0 Å². The number of nitrogens with zero attached hydrogens (tertiary/aromatic N) is 2. The Morgan fingerprint density at radius 2 is 1.77 bits per heavy atom. The van der Waals surface area contributed by atoms with E-state index in [-0.39, 0.29) is 13.1 Å². The molecule has 1 saturated heterocycles. The zero-order valence-electron chi connectivity index (χ0n) is 11.7. The smallest absolute Gasteiger partial charge is 0.278 e. The first-order chi connectivity index (χ1) is 10.3. The standard InChI is InChI=1S/C13H16F3N3O2S/c14-13(15,16)12(18-17-11-6-2-1-3-7-11)10-22(20,21)19-8-4-5-9-19/h1-3,6-7,17H,4-5,8-10H2/b18-12-. The third-order valence-corrected chi connectivity index (χ3v) is 4.99. The zero-order chi connectivity index (χ0) is 16.2. The van der Waals surface area contributed by atoms with Gasteiger partial charge in [-0.3, -0.25) is 5.43 Å². The van der Waals surface area contributed by atoms with E-state index in [1.54, 1.807) is 18.2 Å². The second kappa shape index (κ2) is 6.66. The summed E-state index contributed by atoms with van der Waals surface area (Å²) in [6.07, 6.45) is -3.48. The minimum Gasteiger partial charge on any atom is -0.278 e. The summed E-state index contributed by atoms with van der Waals surface area (Å²) in [7, 11) is -4.00. The van der Waals surface area contributed by atoms with Crippen LogP contribution in [0.25, 0.3) is 0 Å². The molecule has 5 nitrogen and oxygen atoms in total. The lowest BCUT2D eigenvalue weighted by Crippen LogP contribution is -2.38. The molecule has 9 heteroatoms. The van der Waals surface area contributed by atoms with E-state index in [1.807, 2.05) is 0 Å². The number of anilines is 1. The van der Waals surface area contributed by atoms with Gasteiger partial charge in [0.25, 0.3) is 0 Å². The van der Waals surface area contributed by atoms with Crippen molar-refractivity contribution in [3.63, 3.8) is 0 Å². The van der Waals surface area contributed by atoms with Gasteiger partial charge in [0.1, 0.15) is 5.75 Å². The number of hydrogen-bond acceptors (Lipinski definition) is 4. The highest BCUT2D eigenvalue weighted by molar-refractivity contribution is 7.89. The molecule has 0 aliphatic carbocycles. The summed E-state index contributed by atoms with van der Waals surface area (Å²) in [6.45, 7) is 0.527. The first-order valence-corrected chi connectivity index (χ1v) is 8.32. The molecule has 1 fully saturated rings. The fourth-order valence-electron chi connectivity index (χ4n) is 2.05. The van der Waals surface area contributed by atoms with Crippen LogP contribution in [0.3, 0.4) is 0 Å². The summed E-state index contributed by atoms with van der Waals surface area (Å²) in [5.74, 6) is -1.16. The van der Waals surface area contributed by atoms with Crippen LogP contribution >= 0.6 is 0 Å². The van der Waals surface area contributed by atoms with Gasteiger partial charge in [0.2, 0.25) is 10.0 Å². The van der Waals surface area contributed by atoms with Crippen LogP contribution in [0.4, 0.5) is 18.9 Å². The lowest BCUT2D eigenvalue weighted by molar-refractivity contribution is -0.0591. The highest BCUT2D eigenvalue weighted by Gasteiger charge is 2.40. The molecule has 0 spiro atoms. The Morgan fingerprint density at radius 1 is 1.18 bits per heavy atom. The van der Waals surface area contributed by atoms with Crippen molar-refractivity contribution in [3.05, 3.63) is 30.3 Å². The van der Waals surface area contributed by atoms with Gasteiger partial charge in [-0.15, -0.1) is 0 Å². The fourth-order valence-corrected chi connectivity index (χ4v) is 3.62.